The zero-order valence-corrected chi connectivity index (χ0v) is 16.9. The molecule has 0 aliphatic carbocycles. The Kier molecular flexibility index (Phi) is 5.82. The van der Waals surface area contributed by atoms with Crippen LogP contribution in [0.15, 0.2) is 24.3 Å². The summed E-state index contributed by atoms with van der Waals surface area (Å²) in [5, 5.41) is 7.62. The number of nitrogens with one attached hydrogen (secondary N) is 2. The normalized spacial score (nSPS) is 20.5. The minimum Gasteiger partial charge on any atom is -0.349 e. The third-order valence-electron chi connectivity index (χ3n) is 5.72. The summed E-state index contributed by atoms with van der Waals surface area (Å²) in [4.78, 5) is 16.7. The molecule has 1 atom stereocenters. The highest BCUT2D eigenvalue weighted by atomic mass is 32.1. The summed E-state index contributed by atoms with van der Waals surface area (Å²) < 4.78 is 0. The van der Waals surface area contributed by atoms with Crippen molar-refractivity contribution in [3.63, 3.8) is 0 Å². The van der Waals surface area contributed by atoms with Gasteiger partial charge in [-0.1, -0.05) is 32.4 Å². The first-order chi connectivity index (χ1) is 12.4. The Morgan fingerprint density at radius 1 is 1.38 bits per heavy atom. The molecule has 0 saturated carbocycles. The summed E-state index contributed by atoms with van der Waals surface area (Å²) >= 11 is 5.62. The van der Waals surface area contributed by atoms with Gasteiger partial charge < -0.3 is 15.1 Å². The highest BCUT2D eigenvalue weighted by Crippen LogP contribution is 2.31. The van der Waals surface area contributed by atoms with Gasteiger partial charge in [0.1, 0.15) is 0 Å². The molecule has 1 spiro atoms. The molecule has 2 aliphatic heterocycles. The molecular weight excluding hydrogens is 344 g/mol. The van der Waals surface area contributed by atoms with Crippen molar-refractivity contribution in [1.82, 2.24) is 15.1 Å². The number of anilines is 1. The van der Waals surface area contributed by atoms with E-state index in [4.69, 9.17) is 12.2 Å². The number of thiocarbonyl (C=S) groups is 1. The van der Waals surface area contributed by atoms with Crippen LogP contribution in [0.1, 0.15) is 38.7 Å². The Hall–Kier alpha value is -1.66. The number of rotatable bonds is 4. The SMILES string of the molecule is CCC(C)CN1C(=O)CNC12CCN(C(=S)Nc1cccc(C)c1)CC2. The van der Waals surface area contributed by atoms with Crippen molar-refractivity contribution in [2.75, 3.05) is 31.5 Å². The second kappa shape index (κ2) is 7.92. The molecule has 1 aromatic rings. The van der Waals surface area contributed by atoms with E-state index in [2.05, 4.69) is 53.3 Å². The van der Waals surface area contributed by atoms with Crippen LogP contribution in [-0.4, -0.2) is 52.7 Å². The maximum Gasteiger partial charge on any atom is 0.238 e. The molecule has 1 amide bonds. The zero-order valence-electron chi connectivity index (χ0n) is 16.0. The number of aryl methyl sites for hydroxylation is 1. The summed E-state index contributed by atoms with van der Waals surface area (Å²) in [7, 11) is 0. The van der Waals surface area contributed by atoms with E-state index in [-0.39, 0.29) is 11.6 Å². The van der Waals surface area contributed by atoms with E-state index in [9.17, 15) is 4.79 Å². The van der Waals surface area contributed by atoms with Crippen LogP contribution < -0.4 is 10.6 Å². The average molecular weight is 375 g/mol. The maximum atomic E-state index is 12.4. The molecule has 0 radical (unpaired) electrons. The number of nitrogens with zero attached hydrogens (tertiary/aromatic N) is 2. The van der Waals surface area contributed by atoms with Gasteiger partial charge in [-0.2, -0.15) is 0 Å². The first kappa shape index (κ1) is 19.1. The lowest BCUT2D eigenvalue weighted by Crippen LogP contribution is -2.60. The molecule has 2 fully saturated rings. The molecule has 0 bridgehead atoms. The van der Waals surface area contributed by atoms with Gasteiger partial charge in [0.2, 0.25) is 5.91 Å². The van der Waals surface area contributed by atoms with E-state index in [1.54, 1.807) is 0 Å². The average Bonchev–Trinajstić information content (AvgIpc) is 2.91. The topological polar surface area (TPSA) is 47.6 Å². The number of benzene rings is 1. The predicted molar refractivity (Wildman–Crippen MR) is 110 cm³/mol. The Bertz CT molecular complexity index is 670. The number of hydrogen-bond acceptors (Lipinski definition) is 3. The first-order valence-corrected chi connectivity index (χ1v) is 10.0. The first-order valence-electron chi connectivity index (χ1n) is 9.61. The van der Waals surface area contributed by atoms with Crippen LogP contribution in [0.5, 0.6) is 0 Å². The van der Waals surface area contributed by atoms with E-state index in [1.807, 2.05) is 12.1 Å². The fourth-order valence-corrected chi connectivity index (χ4v) is 4.14. The fraction of sp³-hybridized carbons (Fsp3) is 0.600. The van der Waals surface area contributed by atoms with Crippen molar-refractivity contribution in [2.45, 2.75) is 45.7 Å². The lowest BCUT2D eigenvalue weighted by Gasteiger charge is -2.46. The number of hydrogen-bond donors (Lipinski definition) is 2. The second-order valence-corrected chi connectivity index (χ2v) is 8.08. The number of carbonyl (C=O) groups is 1. The van der Waals surface area contributed by atoms with Crippen molar-refractivity contribution in [3.05, 3.63) is 29.8 Å². The van der Waals surface area contributed by atoms with Crippen LogP contribution >= 0.6 is 12.2 Å². The molecule has 26 heavy (non-hydrogen) atoms. The fourth-order valence-electron chi connectivity index (χ4n) is 3.84. The molecule has 6 heteroatoms. The van der Waals surface area contributed by atoms with E-state index in [0.29, 0.717) is 12.5 Å². The molecule has 1 unspecified atom stereocenters. The quantitative estimate of drug-likeness (QED) is 0.794. The van der Waals surface area contributed by atoms with Crippen molar-refractivity contribution in [3.8, 4) is 0 Å². The van der Waals surface area contributed by atoms with Gasteiger partial charge in [-0.3, -0.25) is 10.1 Å². The zero-order chi connectivity index (χ0) is 18.7. The van der Waals surface area contributed by atoms with E-state index in [0.717, 1.165) is 49.7 Å². The molecule has 1 aromatic carbocycles. The van der Waals surface area contributed by atoms with Gasteiger partial charge in [0.05, 0.1) is 12.2 Å². The van der Waals surface area contributed by atoms with Crippen LogP contribution in [-0.2, 0) is 4.79 Å². The standard InChI is InChI=1S/C20H30N4OS/c1-4-15(2)14-24-18(25)13-21-20(24)8-10-23(11-9-20)19(26)22-17-7-5-6-16(3)12-17/h5-7,12,15,21H,4,8-11,13-14H2,1-3H3,(H,22,26). The molecular formula is C20H30N4OS. The number of piperidine rings is 1. The molecule has 2 heterocycles. The molecule has 2 aliphatic rings. The summed E-state index contributed by atoms with van der Waals surface area (Å²) in [6, 6.07) is 8.25. The Balaban J connectivity index is 1.60. The van der Waals surface area contributed by atoms with Crippen molar-refractivity contribution in [1.29, 1.82) is 0 Å². The molecule has 3 rings (SSSR count). The van der Waals surface area contributed by atoms with Gasteiger partial charge in [-0.25, -0.2) is 0 Å². The van der Waals surface area contributed by atoms with Crippen LogP contribution in [0.3, 0.4) is 0 Å². The Morgan fingerprint density at radius 3 is 2.77 bits per heavy atom. The molecule has 0 aromatic heterocycles. The third kappa shape index (κ3) is 4.01. The largest absolute Gasteiger partial charge is 0.349 e. The van der Waals surface area contributed by atoms with Gasteiger partial charge >= 0.3 is 0 Å². The monoisotopic (exact) mass is 374 g/mol. The number of carbonyl (C=O) groups excluding carboxylic acids is 1. The summed E-state index contributed by atoms with van der Waals surface area (Å²) in [5.74, 6) is 0.761. The lowest BCUT2D eigenvalue weighted by atomic mass is 9.94. The molecule has 5 nitrogen and oxygen atoms in total. The molecule has 2 N–H and O–H groups in total. The van der Waals surface area contributed by atoms with Gasteiger partial charge in [0, 0.05) is 38.2 Å². The maximum absolute atomic E-state index is 12.4. The highest BCUT2D eigenvalue weighted by molar-refractivity contribution is 7.80. The van der Waals surface area contributed by atoms with Crippen LogP contribution in [0.2, 0.25) is 0 Å². The van der Waals surface area contributed by atoms with Crippen molar-refractivity contribution in [2.24, 2.45) is 5.92 Å². The van der Waals surface area contributed by atoms with Gasteiger partial charge in [0.15, 0.2) is 5.11 Å². The van der Waals surface area contributed by atoms with Gasteiger partial charge in [-0.05, 0) is 42.8 Å². The highest BCUT2D eigenvalue weighted by Gasteiger charge is 2.47. The van der Waals surface area contributed by atoms with Gasteiger partial charge in [0.25, 0.3) is 0 Å². The van der Waals surface area contributed by atoms with Crippen LogP contribution in [0, 0.1) is 12.8 Å². The predicted octanol–water partition coefficient (Wildman–Crippen LogP) is 2.96. The summed E-state index contributed by atoms with van der Waals surface area (Å²) in [5.41, 5.74) is 2.06. The van der Waals surface area contributed by atoms with Crippen molar-refractivity contribution >= 4 is 28.9 Å². The lowest BCUT2D eigenvalue weighted by molar-refractivity contribution is -0.132. The van der Waals surface area contributed by atoms with Crippen molar-refractivity contribution < 1.29 is 4.79 Å². The van der Waals surface area contributed by atoms with Gasteiger partial charge in [-0.15, -0.1) is 0 Å². The number of amides is 1. The molecule has 142 valence electrons. The van der Waals surface area contributed by atoms with E-state index >= 15 is 0 Å². The number of likely N-dealkylation sites (tertiary alicyclic amines) is 1. The van der Waals surface area contributed by atoms with E-state index < -0.39 is 0 Å². The summed E-state index contributed by atoms with van der Waals surface area (Å²) in [6.45, 7) is 9.49. The third-order valence-corrected chi connectivity index (χ3v) is 6.08. The van der Waals surface area contributed by atoms with E-state index in [1.165, 1.54) is 5.56 Å². The summed E-state index contributed by atoms with van der Waals surface area (Å²) in [6.07, 6.45) is 2.91. The minimum absolute atomic E-state index is 0.185. The van der Waals surface area contributed by atoms with Crippen LogP contribution in [0.4, 0.5) is 5.69 Å². The second-order valence-electron chi connectivity index (χ2n) is 7.69. The van der Waals surface area contributed by atoms with Crippen LogP contribution in [0.25, 0.3) is 0 Å². The minimum atomic E-state index is -0.185. The Morgan fingerprint density at radius 2 is 2.12 bits per heavy atom. The molecule has 2 saturated heterocycles. The Labute approximate surface area is 162 Å². The smallest absolute Gasteiger partial charge is 0.238 e.